The third-order valence-corrected chi connectivity index (χ3v) is 8.60. The first kappa shape index (κ1) is 29.9. The van der Waals surface area contributed by atoms with Crippen molar-refractivity contribution in [3.05, 3.63) is 89.7 Å². The van der Waals surface area contributed by atoms with Gasteiger partial charge in [0.2, 0.25) is 5.91 Å². The molecule has 3 N–H and O–H groups in total. The molecular formula is C34H38FN3O3S. The molecule has 1 aliphatic carbocycles. The number of rotatable bonds is 11. The van der Waals surface area contributed by atoms with Gasteiger partial charge in [-0.3, -0.25) is 14.3 Å². The van der Waals surface area contributed by atoms with Gasteiger partial charge in [0.15, 0.2) is 0 Å². The second-order valence-corrected chi connectivity index (χ2v) is 12.4. The summed E-state index contributed by atoms with van der Waals surface area (Å²) in [6.07, 6.45) is 4.04. The van der Waals surface area contributed by atoms with Gasteiger partial charge < -0.3 is 15.0 Å². The van der Waals surface area contributed by atoms with E-state index < -0.39 is 0 Å². The molecule has 0 radical (unpaired) electrons. The Balaban J connectivity index is 1.08. The Labute approximate surface area is 251 Å². The molecule has 0 aliphatic heterocycles. The molecule has 220 valence electrons. The van der Waals surface area contributed by atoms with E-state index in [9.17, 15) is 14.0 Å². The number of carbonyl (C=O) groups is 2. The number of hydrogen-bond acceptors (Lipinski definition) is 5. The number of H-pyrrole nitrogens is 1. The Morgan fingerprint density at radius 2 is 1.67 bits per heavy atom. The summed E-state index contributed by atoms with van der Waals surface area (Å²) in [5.74, 6) is -0.0390. The topological polar surface area (TPSA) is 83.2 Å². The highest BCUT2D eigenvalue weighted by molar-refractivity contribution is 7.97. The molecule has 5 rings (SSSR count). The smallest absolute Gasteiger partial charge is 0.306 e. The lowest BCUT2D eigenvalue weighted by atomic mass is 9.86. The van der Waals surface area contributed by atoms with Crippen molar-refractivity contribution in [1.29, 1.82) is 0 Å². The Bertz CT molecular complexity index is 1490. The molecule has 3 aromatic carbocycles. The van der Waals surface area contributed by atoms with E-state index in [2.05, 4.69) is 39.3 Å². The molecule has 0 unspecified atom stereocenters. The van der Waals surface area contributed by atoms with E-state index in [1.165, 1.54) is 12.1 Å². The Morgan fingerprint density at radius 1 is 0.952 bits per heavy atom. The summed E-state index contributed by atoms with van der Waals surface area (Å²) in [6, 6.07) is 23.3. The van der Waals surface area contributed by atoms with Gasteiger partial charge in [0.25, 0.3) is 0 Å². The minimum absolute atomic E-state index is 0.0242. The van der Waals surface area contributed by atoms with Crippen LogP contribution in [-0.2, 0) is 27.5 Å². The quantitative estimate of drug-likeness (QED) is 0.125. The highest BCUT2D eigenvalue weighted by Gasteiger charge is 2.26. The number of hydrogen-bond donors (Lipinski definition) is 3. The van der Waals surface area contributed by atoms with Crippen molar-refractivity contribution < 1.29 is 18.7 Å². The highest BCUT2D eigenvalue weighted by Crippen LogP contribution is 2.30. The van der Waals surface area contributed by atoms with Crippen molar-refractivity contribution in [3.8, 4) is 11.3 Å². The molecule has 0 bridgehead atoms. The van der Waals surface area contributed by atoms with Gasteiger partial charge in [-0.2, -0.15) is 0 Å². The van der Waals surface area contributed by atoms with Crippen LogP contribution in [0.5, 0.6) is 0 Å². The molecule has 8 heteroatoms. The van der Waals surface area contributed by atoms with Crippen LogP contribution in [0.1, 0.15) is 57.1 Å². The largest absolute Gasteiger partial charge is 0.461 e. The fraction of sp³-hybridized carbons (Fsp3) is 0.353. The number of carbonyl (C=O) groups excluding carboxylic acids is 2. The number of fused-ring (bicyclic) bond motifs is 1. The molecule has 1 aliphatic rings. The van der Waals surface area contributed by atoms with Crippen LogP contribution in [0.2, 0.25) is 0 Å². The van der Waals surface area contributed by atoms with Gasteiger partial charge >= 0.3 is 5.97 Å². The summed E-state index contributed by atoms with van der Waals surface area (Å²) in [6.45, 7) is 4.73. The number of aromatic amines is 1. The van der Waals surface area contributed by atoms with Crippen molar-refractivity contribution in [2.45, 2.75) is 70.0 Å². The van der Waals surface area contributed by atoms with Crippen LogP contribution in [0, 0.1) is 17.7 Å². The summed E-state index contributed by atoms with van der Waals surface area (Å²) in [5.41, 5.74) is 5.06. The van der Waals surface area contributed by atoms with Gasteiger partial charge in [0, 0.05) is 46.4 Å². The van der Waals surface area contributed by atoms with Crippen molar-refractivity contribution in [2.24, 2.45) is 11.8 Å². The lowest BCUT2D eigenvalue weighted by Gasteiger charge is -2.28. The molecule has 4 aromatic rings. The first-order valence-corrected chi connectivity index (χ1v) is 15.5. The predicted octanol–water partition coefficient (Wildman–Crippen LogP) is 7.54. The van der Waals surface area contributed by atoms with Crippen molar-refractivity contribution in [3.63, 3.8) is 0 Å². The van der Waals surface area contributed by atoms with Gasteiger partial charge in [-0.05, 0) is 90.6 Å². The van der Waals surface area contributed by atoms with Gasteiger partial charge in [-0.25, -0.2) is 4.39 Å². The maximum Gasteiger partial charge on any atom is 0.306 e. The average molecular weight is 588 g/mol. The third kappa shape index (κ3) is 8.23. The first-order valence-electron chi connectivity index (χ1n) is 14.6. The molecule has 1 aromatic heterocycles. The molecule has 1 saturated carbocycles. The van der Waals surface area contributed by atoms with Crippen LogP contribution in [-0.4, -0.2) is 22.9 Å². The van der Waals surface area contributed by atoms with Crippen LogP contribution in [0.3, 0.4) is 0 Å². The Morgan fingerprint density at radius 3 is 2.38 bits per heavy atom. The highest BCUT2D eigenvalue weighted by atomic mass is 32.2. The zero-order valence-corrected chi connectivity index (χ0v) is 24.9. The fourth-order valence-corrected chi connectivity index (χ4v) is 6.07. The number of nitrogens with one attached hydrogen (secondary N) is 3. The lowest BCUT2D eigenvalue weighted by molar-refractivity contribution is -0.145. The normalized spacial score (nSPS) is 17.0. The second-order valence-electron chi connectivity index (χ2n) is 11.5. The van der Waals surface area contributed by atoms with E-state index in [0.717, 1.165) is 63.9 Å². The molecule has 1 amide bonds. The van der Waals surface area contributed by atoms with E-state index in [1.54, 1.807) is 24.1 Å². The number of amides is 1. The Kier molecular flexibility index (Phi) is 9.97. The van der Waals surface area contributed by atoms with Crippen LogP contribution in [0.25, 0.3) is 22.2 Å². The van der Waals surface area contributed by atoms with Crippen molar-refractivity contribution in [2.75, 3.05) is 0 Å². The number of aromatic nitrogens is 1. The second kappa shape index (κ2) is 14.0. The standard InChI is InChI=1S/C34H38FN3O3S/c1-22(2)17-33(39)41-21-24-3-7-25(8-4-24)31-18-27-11-16-30(19-32(27)37-31)42-38-29-14-9-26(10-15-29)34(40)36-20-23-5-12-28(35)13-6-23/h3-8,11-13,16,18-19,22,26,29,37-38H,9-10,14-15,17,20-21H2,1-2H3,(H,36,40). The first-order chi connectivity index (χ1) is 20.3. The molecule has 6 nitrogen and oxygen atoms in total. The minimum Gasteiger partial charge on any atom is -0.461 e. The number of halogens is 1. The van der Waals surface area contributed by atoms with Gasteiger partial charge in [-0.1, -0.05) is 56.3 Å². The van der Waals surface area contributed by atoms with E-state index in [-0.39, 0.29) is 29.5 Å². The van der Waals surface area contributed by atoms with Gasteiger partial charge in [0.1, 0.15) is 12.4 Å². The molecule has 0 atom stereocenters. The molecule has 0 spiro atoms. The number of benzene rings is 3. The SMILES string of the molecule is CC(C)CC(=O)OCc1ccc(-c2cc3ccc(SNC4CCC(C(=O)NCc5ccc(F)cc5)CC4)cc3[nH]2)cc1. The maximum absolute atomic E-state index is 13.1. The predicted molar refractivity (Wildman–Crippen MR) is 166 cm³/mol. The van der Waals surface area contributed by atoms with E-state index in [0.29, 0.717) is 25.6 Å². The minimum atomic E-state index is -0.271. The summed E-state index contributed by atoms with van der Waals surface area (Å²) in [5, 5.41) is 4.15. The van der Waals surface area contributed by atoms with E-state index in [4.69, 9.17) is 4.74 Å². The lowest BCUT2D eigenvalue weighted by Crippen LogP contribution is -2.36. The molecule has 1 fully saturated rings. The zero-order chi connectivity index (χ0) is 29.5. The zero-order valence-electron chi connectivity index (χ0n) is 24.1. The average Bonchev–Trinajstić information content (AvgIpc) is 3.42. The number of esters is 1. The summed E-state index contributed by atoms with van der Waals surface area (Å²) in [7, 11) is 0. The van der Waals surface area contributed by atoms with Crippen LogP contribution >= 0.6 is 11.9 Å². The fourth-order valence-electron chi connectivity index (χ4n) is 5.22. The molecule has 42 heavy (non-hydrogen) atoms. The van der Waals surface area contributed by atoms with Crippen molar-refractivity contribution in [1.82, 2.24) is 15.0 Å². The summed E-state index contributed by atoms with van der Waals surface area (Å²) < 4.78 is 22.1. The molecular weight excluding hydrogens is 549 g/mol. The van der Waals surface area contributed by atoms with Crippen LogP contribution in [0.4, 0.5) is 4.39 Å². The maximum atomic E-state index is 13.1. The van der Waals surface area contributed by atoms with Crippen molar-refractivity contribution >= 4 is 34.7 Å². The van der Waals surface area contributed by atoms with Crippen LogP contribution < -0.4 is 10.0 Å². The van der Waals surface area contributed by atoms with Crippen LogP contribution in [0.15, 0.2) is 77.7 Å². The monoisotopic (exact) mass is 587 g/mol. The number of ether oxygens (including phenoxy) is 1. The van der Waals surface area contributed by atoms with E-state index in [1.807, 2.05) is 38.1 Å². The van der Waals surface area contributed by atoms with Gasteiger partial charge in [0.05, 0.1) is 0 Å². The molecule has 1 heterocycles. The summed E-state index contributed by atoms with van der Waals surface area (Å²) in [4.78, 5) is 29.1. The Hall–Kier alpha value is -3.62. The summed E-state index contributed by atoms with van der Waals surface area (Å²) >= 11 is 1.64. The third-order valence-electron chi connectivity index (χ3n) is 7.66. The van der Waals surface area contributed by atoms with Gasteiger partial charge in [-0.15, -0.1) is 0 Å². The van der Waals surface area contributed by atoms with E-state index >= 15 is 0 Å². The molecule has 0 saturated heterocycles.